The van der Waals surface area contributed by atoms with Crippen molar-refractivity contribution in [2.45, 2.75) is 39.2 Å². The van der Waals surface area contributed by atoms with Crippen LogP contribution >= 0.6 is 0 Å². The lowest BCUT2D eigenvalue weighted by Crippen LogP contribution is -2.11. The van der Waals surface area contributed by atoms with Crippen LogP contribution in [0.15, 0.2) is 18.2 Å². The number of rotatable bonds is 5. The van der Waals surface area contributed by atoms with Gasteiger partial charge in [-0.25, -0.2) is 4.79 Å². The Kier molecular flexibility index (Phi) is 3.36. The highest BCUT2D eigenvalue weighted by atomic mass is 16.4. The zero-order valence-electron chi connectivity index (χ0n) is 10.4. The number of nitrogens with one attached hydrogen (secondary N) is 1. The Morgan fingerprint density at radius 1 is 1.53 bits per heavy atom. The SMILES string of the molecule is CCCC1CC1Nc1c(C)cccc1C(=O)O. The first-order valence-corrected chi connectivity index (χ1v) is 6.23. The van der Waals surface area contributed by atoms with Crippen molar-refractivity contribution in [1.29, 1.82) is 0 Å². The molecule has 3 heteroatoms. The van der Waals surface area contributed by atoms with Crippen LogP contribution in [-0.4, -0.2) is 17.1 Å². The summed E-state index contributed by atoms with van der Waals surface area (Å²) in [6.45, 7) is 4.14. The van der Waals surface area contributed by atoms with Crippen LogP contribution in [0.5, 0.6) is 0 Å². The fraction of sp³-hybridized carbons (Fsp3) is 0.500. The van der Waals surface area contributed by atoms with Gasteiger partial charge in [-0.3, -0.25) is 0 Å². The van der Waals surface area contributed by atoms with Crippen LogP contribution in [0.4, 0.5) is 5.69 Å². The molecule has 2 N–H and O–H groups in total. The molecular weight excluding hydrogens is 214 g/mol. The fourth-order valence-corrected chi connectivity index (χ4v) is 2.34. The van der Waals surface area contributed by atoms with Crippen LogP contribution in [0.1, 0.15) is 42.1 Å². The van der Waals surface area contributed by atoms with Gasteiger partial charge in [-0.2, -0.15) is 0 Å². The van der Waals surface area contributed by atoms with Gasteiger partial charge in [0.15, 0.2) is 0 Å². The number of aromatic carboxylic acids is 1. The predicted molar refractivity (Wildman–Crippen MR) is 68.6 cm³/mol. The monoisotopic (exact) mass is 233 g/mol. The van der Waals surface area contributed by atoms with E-state index in [0.717, 1.165) is 17.2 Å². The maximum absolute atomic E-state index is 11.1. The van der Waals surface area contributed by atoms with Crippen LogP contribution in [0, 0.1) is 12.8 Å². The maximum Gasteiger partial charge on any atom is 0.337 e. The Bertz CT molecular complexity index is 428. The lowest BCUT2D eigenvalue weighted by Gasteiger charge is -2.12. The number of para-hydroxylation sites is 1. The number of carboxylic acid groups (broad SMARTS) is 1. The van der Waals surface area contributed by atoms with E-state index in [1.165, 1.54) is 19.3 Å². The second kappa shape index (κ2) is 4.78. The zero-order chi connectivity index (χ0) is 12.4. The maximum atomic E-state index is 11.1. The normalized spacial score (nSPS) is 22.2. The van der Waals surface area contributed by atoms with E-state index < -0.39 is 5.97 Å². The van der Waals surface area contributed by atoms with E-state index in [1.54, 1.807) is 12.1 Å². The van der Waals surface area contributed by atoms with Gasteiger partial charge in [0.2, 0.25) is 0 Å². The standard InChI is InChI=1S/C14H19NO2/c1-3-5-10-8-12(10)15-13-9(2)6-4-7-11(13)14(16)17/h4,6-7,10,12,15H,3,5,8H2,1-2H3,(H,16,17). The van der Waals surface area contributed by atoms with E-state index in [1.807, 2.05) is 13.0 Å². The van der Waals surface area contributed by atoms with Crippen LogP contribution in [0.3, 0.4) is 0 Å². The molecule has 0 bridgehead atoms. The number of hydrogen-bond donors (Lipinski definition) is 2. The summed E-state index contributed by atoms with van der Waals surface area (Å²) >= 11 is 0. The molecule has 1 fully saturated rings. The highest BCUT2D eigenvalue weighted by molar-refractivity contribution is 5.95. The number of aryl methyl sites for hydroxylation is 1. The van der Waals surface area contributed by atoms with Gasteiger partial charge < -0.3 is 10.4 Å². The lowest BCUT2D eigenvalue weighted by molar-refractivity contribution is 0.0698. The Balaban J connectivity index is 2.13. The molecule has 0 saturated heterocycles. The first-order valence-electron chi connectivity index (χ1n) is 6.23. The van der Waals surface area contributed by atoms with E-state index in [0.29, 0.717) is 11.6 Å². The van der Waals surface area contributed by atoms with Crippen molar-refractivity contribution in [3.05, 3.63) is 29.3 Å². The van der Waals surface area contributed by atoms with E-state index >= 15 is 0 Å². The average Bonchev–Trinajstić information content (AvgIpc) is 3.00. The summed E-state index contributed by atoms with van der Waals surface area (Å²) in [7, 11) is 0. The third-order valence-electron chi connectivity index (χ3n) is 3.41. The van der Waals surface area contributed by atoms with Gasteiger partial charge >= 0.3 is 5.97 Å². The molecule has 0 radical (unpaired) electrons. The summed E-state index contributed by atoms with van der Waals surface area (Å²) in [5.41, 5.74) is 2.18. The lowest BCUT2D eigenvalue weighted by atomic mass is 10.1. The number of hydrogen-bond acceptors (Lipinski definition) is 2. The summed E-state index contributed by atoms with van der Waals surface area (Å²) < 4.78 is 0. The van der Waals surface area contributed by atoms with E-state index in [2.05, 4.69) is 12.2 Å². The van der Waals surface area contributed by atoms with Crippen molar-refractivity contribution in [2.75, 3.05) is 5.32 Å². The minimum Gasteiger partial charge on any atom is -0.478 e. The molecule has 0 aliphatic heterocycles. The highest BCUT2D eigenvalue weighted by Crippen LogP contribution is 2.38. The van der Waals surface area contributed by atoms with Crippen LogP contribution in [-0.2, 0) is 0 Å². The minimum atomic E-state index is -0.858. The van der Waals surface area contributed by atoms with E-state index in [4.69, 9.17) is 5.11 Å². The van der Waals surface area contributed by atoms with Gasteiger partial charge in [-0.05, 0) is 37.3 Å². The molecule has 0 heterocycles. The molecular formula is C14H19NO2. The number of carboxylic acids is 1. The molecule has 0 amide bonds. The van der Waals surface area contributed by atoms with Crippen LogP contribution in [0.2, 0.25) is 0 Å². The van der Waals surface area contributed by atoms with Crippen molar-refractivity contribution in [3.8, 4) is 0 Å². The first-order chi connectivity index (χ1) is 8.13. The van der Waals surface area contributed by atoms with Gasteiger partial charge in [-0.15, -0.1) is 0 Å². The molecule has 2 unspecified atom stereocenters. The molecule has 0 spiro atoms. The summed E-state index contributed by atoms with van der Waals surface area (Å²) in [5, 5.41) is 12.5. The van der Waals surface area contributed by atoms with Gasteiger partial charge in [-0.1, -0.05) is 25.5 Å². The summed E-state index contributed by atoms with van der Waals surface area (Å²) in [6.07, 6.45) is 3.59. The van der Waals surface area contributed by atoms with Crippen molar-refractivity contribution < 1.29 is 9.90 Å². The summed E-state index contributed by atoms with van der Waals surface area (Å²) in [4.78, 5) is 11.1. The largest absolute Gasteiger partial charge is 0.478 e. The van der Waals surface area contributed by atoms with Crippen LogP contribution in [0.25, 0.3) is 0 Å². The molecule has 1 aliphatic rings. The Labute approximate surface area is 102 Å². The number of benzene rings is 1. The van der Waals surface area contributed by atoms with Gasteiger partial charge in [0.1, 0.15) is 0 Å². The van der Waals surface area contributed by atoms with Crippen molar-refractivity contribution in [1.82, 2.24) is 0 Å². The molecule has 1 aromatic carbocycles. The molecule has 1 aliphatic carbocycles. The Morgan fingerprint density at radius 3 is 2.94 bits per heavy atom. The topological polar surface area (TPSA) is 49.3 Å². The predicted octanol–water partition coefficient (Wildman–Crippen LogP) is 3.29. The quantitative estimate of drug-likeness (QED) is 0.820. The third kappa shape index (κ3) is 2.60. The van der Waals surface area contributed by atoms with Crippen molar-refractivity contribution in [2.24, 2.45) is 5.92 Å². The van der Waals surface area contributed by atoms with E-state index in [-0.39, 0.29) is 0 Å². The molecule has 1 saturated carbocycles. The van der Waals surface area contributed by atoms with Crippen LogP contribution < -0.4 is 5.32 Å². The molecule has 1 aromatic rings. The number of carbonyl (C=O) groups is 1. The van der Waals surface area contributed by atoms with Gasteiger partial charge in [0, 0.05) is 6.04 Å². The van der Waals surface area contributed by atoms with E-state index in [9.17, 15) is 4.79 Å². The second-order valence-electron chi connectivity index (χ2n) is 4.84. The molecule has 0 aromatic heterocycles. The second-order valence-corrected chi connectivity index (χ2v) is 4.84. The molecule has 2 atom stereocenters. The summed E-state index contributed by atoms with van der Waals surface area (Å²) in [5.74, 6) is -0.134. The zero-order valence-corrected chi connectivity index (χ0v) is 10.4. The molecule has 2 rings (SSSR count). The van der Waals surface area contributed by atoms with Gasteiger partial charge in [0.25, 0.3) is 0 Å². The van der Waals surface area contributed by atoms with Gasteiger partial charge in [0.05, 0.1) is 11.3 Å². The smallest absolute Gasteiger partial charge is 0.337 e. The Morgan fingerprint density at radius 2 is 2.29 bits per heavy atom. The number of anilines is 1. The minimum absolute atomic E-state index is 0.382. The molecule has 17 heavy (non-hydrogen) atoms. The molecule has 3 nitrogen and oxygen atoms in total. The third-order valence-corrected chi connectivity index (χ3v) is 3.41. The molecule has 92 valence electrons. The Hall–Kier alpha value is -1.51. The fourth-order valence-electron chi connectivity index (χ4n) is 2.34. The van der Waals surface area contributed by atoms with Crippen molar-refractivity contribution >= 4 is 11.7 Å². The first kappa shape index (κ1) is 12.0. The highest BCUT2D eigenvalue weighted by Gasteiger charge is 2.36. The summed E-state index contributed by atoms with van der Waals surface area (Å²) in [6, 6.07) is 5.87. The van der Waals surface area contributed by atoms with Crippen molar-refractivity contribution in [3.63, 3.8) is 0 Å². The average molecular weight is 233 g/mol.